The number of nitriles is 1. The van der Waals surface area contributed by atoms with Crippen molar-refractivity contribution in [2.75, 3.05) is 11.4 Å². The van der Waals surface area contributed by atoms with E-state index in [0.29, 0.717) is 34.2 Å². The molecule has 4 rings (SSSR count). The summed E-state index contributed by atoms with van der Waals surface area (Å²) in [6, 6.07) is 13.9. The lowest BCUT2D eigenvalue weighted by molar-refractivity contribution is 0.0602. The number of anilines is 1. The van der Waals surface area contributed by atoms with Crippen LogP contribution >= 0.6 is 11.6 Å². The first kappa shape index (κ1) is 14.9. The standard InChI is InChI=1S/C18H12ClN3O2/c19-12-2-4-13(5-3-12)22-8-7-18(24)16(23)14-9-11(10-20)1-6-15(14)21-17(18)22/h1-6,9,24H,7-8H2/t18-/m1/s1. The minimum Gasteiger partial charge on any atom is -0.374 e. The van der Waals surface area contributed by atoms with Crippen molar-refractivity contribution in [2.24, 2.45) is 4.99 Å². The topological polar surface area (TPSA) is 76.7 Å². The molecule has 5 nitrogen and oxygen atoms in total. The van der Waals surface area contributed by atoms with Gasteiger partial charge in [0, 0.05) is 29.2 Å². The van der Waals surface area contributed by atoms with E-state index >= 15 is 0 Å². The van der Waals surface area contributed by atoms with Crippen LogP contribution in [0.5, 0.6) is 0 Å². The Bertz CT molecular complexity index is 930. The van der Waals surface area contributed by atoms with E-state index in [4.69, 9.17) is 16.9 Å². The fourth-order valence-corrected chi connectivity index (χ4v) is 3.30. The largest absolute Gasteiger partial charge is 0.374 e. The van der Waals surface area contributed by atoms with Crippen LogP contribution in [0.15, 0.2) is 47.5 Å². The SMILES string of the molecule is N#Cc1ccc2c(c1)C(=O)[C@]1(O)CCN(c3ccc(Cl)cc3)C1=N2. The monoisotopic (exact) mass is 337 g/mol. The second-order valence-corrected chi connectivity index (χ2v) is 6.28. The van der Waals surface area contributed by atoms with Crippen molar-refractivity contribution < 1.29 is 9.90 Å². The molecule has 0 radical (unpaired) electrons. The Kier molecular flexibility index (Phi) is 3.20. The maximum absolute atomic E-state index is 12.8. The lowest BCUT2D eigenvalue weighted by Gasteiger charge is -2.29. The molecule has 1 atom stereocenters. The number of nitrogens with zero attached hydrogens (tertiary/aromatic N) is 3. The third kappa shape index (κ3) is 2.04. The minimum atomic E-state index is -1.65. The Hall–Kier alpha value is -2.68. The van der Waals surface area contributed by atoms with Gasteiger partial charge >= 0.3 is 0 Å². The first-order valence-electron chi connectivity index (χ1n) is 7.46. The van der Waals surface area contributed by atoms with Crippen LogP contribution in [0.2, 0.25) is 5.02 Å². The van der Waals surface area contributed by atoms with Gasteiger partial charge in [-0.3, -0.25) is 4.79 Å². The Labute approximate surface area is 143 Å². The normalized spacial score (nSPS) is 21.8. The highest BCUT2D eigenvalue weighted by Crippen LogP contribution is 2.39. The summed E-state index contributed by atoms with van der Waals surface area (Å²) < 4.78 is 0. The third-order valence-corrected chi connectivity index (χ3v) is 4.69. The van der Waals surface area contributed by atoms with Gasteiger partial charge in [-0.2, -0.15) is 5.26 Å². The molecule has 2 aliphatic heterocycles. The maximum atomic E-state index is 12.8. The number of carbonyl (C=O) groups is 1. The molecular weight excluding hydrogens is 326 g/mol. The van der Waals surface area contributed by atoms with Crippen LogP contribution in [0, 0.1) is 11.3 Å². The number of halogens is 1. The zero-order chi connectivity index (χ0) is 16.9. The van der Waals surface area contributed by atoms with Crippen LogP contribution < -0.4 is 4.90 Å². The summed E-state index contributed by atoms with van der Waals surface area (Å²) in [5.41, 5.74) is 0.300. The Morgan fingerprint density at radius 1 is 1.25 bits per heavy atom. The average Bonchev–Trinajstić information content (AvgIpc) is 2.94. The second kappa shape index (κ2) is 5.17. The third-order valence-electron chi connectivity index (χ3n) is 4.43. The van der Waals surface area contributed by atoms with Crippen molar-refractivity contribution >= 4 is 34.6 Å². The number of ketones is 1. The summed E-state index contributed by atoms with van der Waals surface area (Å²) >= 11 is 5.92. The highest BCUT2D eigenvalue weighted by Gasteiger charge is 2.52. The quantitative estimate of drug-likeness (QED) is 0.867. The second-order valence-electron chi connectivity index (χ2n) is 5.85. The molecule has 0 aliphatic carbocycles. The summed E-state index contributed by atoms with van der Waals surface area (Å²) in [5, 5.41) is 20.6. The van der Waals surface area contributed by atoms with Gasteiger partial charge in [-0.15, -0.1) is 0 Å². The fraction of sp³-hybridized carbons (Fsp3) is 0.167. The molecule has 0 unspecified atom stereocenters. The summed E-state index contributed by atoms with van der Waals surface area (Å²) in [4.78, 5) is 19.2. The number of benzene rings is 2. The van der Waals surface area contributed by atoms with Gasteiger partial charge in [-0.1, -0.05) is 11.6 Å². The zero-order valence-electron chi connectivity index (χ0n) is 12.5. The number of fused-ring (bicyclic) bond motifs is 2. The number of aliphatic imine (C=N–C) groups is 1. The highest BCUT2D eigenvalue weighted by atomic mass is 35.5. The van der Waals surface area contributed by atoms with Gasteiger partial charge in [0.05, 0.1) is 17.3 Å². The molecule has 2 heterocycles. The van der Waals surface area contributed by atoms with E-state index < -0.39 is 11.4 Å². The van der Waals surface area contributed by atoms with Crippen molar-refractivity contribution in [1.29, 1.82) is 5.26 Å². The molecule has 1 saturated heterocycles. The molecule has 2 aliphatic rings. The number of amidine groups is 1. The number of carbonyl (C=O) groups excluding carboxylic acids is 1. The first-order chi connectivity index (χ1) is 11.5. The predicted molar refractivity (Wildman–Crippen MR) is 90.9 cm³/mol. The molecule has 0 bridgehead atoms. The van der Waals surface area contributed by atoms with Gasteiger partial charge in [0.15, 0.2) is 5.60 Å². The fourth-order valence-electron chi connectivity index (χ4n) is 3.18. The number of aliphatic hydroxyl groups is 1. The van der Waals surface area contributed by atoms with E-state index in [-0.39, 0.29) is 6.42 Å². The minimum absolute atomic E-state index is 0.253. The van der Waals surface area contributed by atoms with Crippen LogP contribution in [0.25, 0.3) is 0 Å². The molecule has 1 fully saturated rings. The van der Waals surface area contributed by atoms with Gasteiger partial charge in [0.1, 0.15) is 5.84 Å². The summed E-state index contributed by atoms with van der Waals surface area (Å²) in [6.07, 6.45) is 0.253. The number of Topliss-reactive ketones (excluding diaryl/α,β-unsaturated/α-hetero) is 1. The van der Waals surface area contributed by atoms with Gasteiger partial charge < -0.3 is 10.0 Å². The Morgan fingerprint density at radius 3 is 2.71 bits per heavy atom. The zero-order valence-corrected chi connectivity index (χ0v) is 13.3. The molecule has 2 aromatic carbocycles. The molecule has 2 aromatic rings. The van der Waals surface area contributed by atoms with Crippen molar-refractivity contribution in [1.82, 2.24) is 0 Å². The number of rotatable bonds is 1. The lowest BCUT2D eigenvalue weighted by atomic mass is 9.87. The van der Waals surface area contributed by atoms with Gasteiger partial charge in [-0.05, 0) is 42.5 Å². The van der Waals surface area contributed by atoms with Gasteiger partial charge in [-0.25, -0.2) is 4.99 Å². The van der Waals surface area contributed by atoms with Gasteiger partial charge in [0.2, 0.25) is 5.78 Å². The average molecular weight is 338 g/mol. The van der Waals surface area contributed by atoms with E-state index in [1.165, 1.54) is 6.07 Å². The summed E-state index contributed by atoms with van der Waals surface area (Å²) in [5.74, 6) is -0.0805. The summed E-state index contributed by atoms with van der Waals surface area (Å²) in [7, 11) is 0. The van der Waals surface area contributed by atoms with Crippen molar-refractivity contribution in [3.05, 3.63) is 58.6 Å². The summed E-state index contributed by atoms with van der Waals surface area (Å²) in [6.45, 7) is 0.474. The van der Waals surface area contributed by atoms with Crippen LogP contribution in [-0.4, -0.2) is 28.9 Å². The molecule has 0 amide bonds. The maximum Gasteiger partial charge on any atom is 0.204 e. The highest BCUT2D eigenvalue weighted by molar-refractivity contribution is 6.31. The lowest BCUT2D eigenvalue weighted by Crippen LogP contribution is -2.48. The van der Waals surface area contributed by atoms with Crippen LogP contribution in [0.1, 0.15) is 22.3 Å². The number of hydrogen-bond acceptors (Lipinski definition) is 5. The predicted octanol–water partition coefficient (Wildman–Crippen LogP) is 3.08. The molecule has 6 heteroatoms. The Morgan fingerprint density at radius 2 is 2.00 bits per heavy atom. The van der Waals surface area contributed by atoms with E-state index in [9.17, 15) is 9.90 Å². The molecule has 24 heavy (non-hydrogen) atoms. The number of hydrogen-bond donors (Lipinski definition) is 1. The van der Waals surface area contributed by atoms with Crippen molar-refractivity contribution in [2.45, 2.75) is 12.0 Å². The first-order valence-corrected chi connectivity index (χ1v) is 7.84. The van der Waals surface area contributed by atoms with Crippen molar-refractivity contribution in [3.63, 3.8) is 0 Å². The van der Waals surface area contributed by atoms with Crippen molar-refractivity contribution in [3.8, 4) is 6.07 Å². The van der Waals surface area contributed by atoms with Crippen LogP contribution in [0.3, 0.4) is 0 Å². The van der Waals surface area contributed by atoms with E-state index in [2.05, 4.69) is 4.99 Å². The van der Waals surface area contributed by atoms with Gasteiger partial charge in [0.25, 0.3) is 0 Å². The van der Waals surface area contributed by atoms with E-state index in [1.807, 2.05) is 23.1 Å². The van der Waals surface area contributed by atoms with Crippen LogP contribution in [-0.2, 0) is 0 Å². The molecule has 0 spiro atoms. The Balaban J connectivity index is 1.85. The molecule has 118 valence electrons. The molecule has 1 N–H and O–H groups in total. The smallest absolute Gasteiger partial charge is 0.204 e. The molecule has 0 saturated carbocycles. The molecular formula is C18H12ClN3O2. The van der Waals surface area contributed by atoms with E-state index in [0.717, 1.165) is 5.69 Å². The molecule has 0 aromatic heterocycles. The van der Waals surface area contributed by atoms with E-state index in [1.54, 1.807) is 24.3 Å². The van der Waals surface area contributed by atoms with Crippen LogP contribution in [0.4, 0.5) is 11.4 Å².